The Balaban J connectivity index is 2.12. The second-order valence-electron chi connectivity index (χ2n) is 6.42. The number of hydrogen-bond donors (Lipinski definition) is 1. The lowest BCUT2D eigenvalue weighted by Gasteiger charge is -2.30. The molecule has 1 aromatic carbocycles. The topological polar surface area (TPSA) is 15.3 Å². The van der Waals surface area contributed by atoms with Crippen LogP contribution >= 0.6 is 0 Å². The fourth-order valence-electron chi connectivity index (χ4n) is 2.94. The summed E-state index contributed by atoms with van der Waals surface area (Å²) in [5, 5.41) is 3.57. The molecule has 2 rings (SSSR count). The van der Waals surface area contributed by atoms with Crippen molar-refractivity contribution < 1.29 is 4.39 Å². The van der Waals surface area contributed by atoms with Gasteiger partial charge in [-0.25, -0.2) is 4.39 Å². The molecule has 1 aromatic rings. The number of nitrogens with zero attached hydrogens (tertiary/aromatic N) is 1. The Hall–Kier alpha value is -0.930. The predicted molar refractivity (Wildman–Crippen MR) is 77.8 cm³/mol. The number of rotatable bonds is 2. The maximum Gasteiger partial charge on any atom is 0.129 e. The Morgan fingerprint density at radius 3 is 2.53 bits per heavy atom. The minimum Gasteiger partial charge on any atom is -0.310 e. The normalized spacial score (nSPS) is 20.3. The van der Waals surface area contributed by atoms with Crippen molar-refractivity contribution in [3.8, 4) is 0 Å². The van der Waals surface area contributed by atoms with Gasteiger partial charge in [-0.3, -0.25) is 4.90 Å². The largest absolute Gasteiger partial charge is 0.310 e. The van der Waals surface area contributed by atoms with Gasteiger partial charge in [0.15, 0.2) is 0 Å². The van der Waals surface area contributed by atoms with Crippen molar-refractivity contribution in [3.63, 3.8) is 0 Å². The minimum atomic E-state index is -0.0680. The van der Waals surface area contributed by atoms with E-state index in [1.54, 1.807) is 0 Å². The lowest BCUT2D eigenvalue weighted by Crippen LogP contribution is -2.46. The smallest absolute Gasteiger partial charge is 0.129 e. The monoisotopic (exact) mass is 264 g/mol. The standard InChI is InChI=1S/C16H25FN2/c1-12-8-14(9-13(2)15(12)17)10-19-7-5-6-18-16(3,4)11-19/h8-9,18H,5-7,10-11H2,1-4H3. The van der Waals surface area contributed by atoms with Gasteiger partial charge >= 0.3 is 0 Å². The Bertz CT molecular complexity index is 431. The summed E-state index contributed by atoms with van der Waals surface area (Å²) in [6.45, 7) is 12.3. The molecule has 0 amide bonds. The number of halogens is 1. The zero-order valence-corrected chi connectivity index (χ0v) is 12.5. The summed E-state index contributed by atoms with van der Waals surface area (Å²) in [4.78, 5) is 2.46. The Labute approximate surface area is 116 Å². The van der Waals surface area contributed by atoms with E-state index in [9.17, 15) is 4.39 Å². The van der Waals surface area contributed by atoms with Crippen molar-refractivity contribution in [2.75, 3.05) is 19.6 Å². The molecule has 0 spiro atoms. The quantitative estimate of drug-likeness (QED) is 0.883. The predicted octanol–water partition coefficient (Wildman–Crippen LogP) is 3.02. The summed E-state index contributed by atoms with van der Waals surface area (Å²) in [7, 11) is 0. The third kappa shape index (κ3) is 3.77. The van der Waals surface area contributed by atoms with E-state index in [2.05, 4.69) is 24.1 Å². The van der Waals surface area contributed by atoms with Gasteiger partial charge in [0.1, 0.15) is 5.82 Å². The van der Waals surface area contributed by atoms with Crippen LogP contribution in [-0.4, -0.2) is 30.1 Å². The molecule has 1 saturated heterocycles. The summed E-state index contributed by atoms with van der Waals surface area (Å²) in [6, 6.07) is 3.96. The molecule has 1 N–H and O–H groups in total. The van der Waals surface area contributed by atoms with E-state index in [1.807, 2.05) is 26.0 Å². The van der Waals surface area contributed by atoms with Gasteiger partial charge in [-0.15, -0.1) is 0 Å². The lowest BCUT2D eigenvalue weighted by molar-refractivity contribution is 0.224. The van der Waals surface area contributed by atoms with Gasteiger partial charge < -0.3 is 5.32 Å². The summed E-state index contributed by atoms with van der Waals surface area (Å²) in [6.07, 6.45) is 1.17. The van der Waals surface area contributed by atoms with Gasteiger partial charge in [-0.2, -0.15) is 0 Å². The molecule has 1 heterocycles. The van der Waals surface area contributed by atoms with Crippen LogP contribution in [0.25, 0.3) is 0 Å². The van der Waals surface area contributed by atoms with E-state index in [0.717, 1.165) is 37.3 Å². The summed E-state index contributed by atoms with van der Waals surface area (Å²) in [5.74, 6) is -0.0680. The van der Waals surface area contributed by atoms with Gasteiger partial charge in [0, 0.05) is 18.6 Å². The third-order valence-electron chi connectivity index (χ3n) is 3.78. The minimum absolute atomic E-state index is 0.0680. The lowest BCUT2D eigenvalue weighted by atomic mass is 10.0. The summed E-state index contributed by atoms with van der Waals surface area (Å²) >= 11 is 0. The van der Waals surface area contributed by atoms with Gasteiger partial charge in [0.05, 0.1) is 0 Å². The first-order chi connectivity index (χ1) is 8.87. The molecule has 19 heavy (non-hydrogen) atoms. The van der Waals surface area contributed by atoms with E-state index in [1.165, 1.54) is 12.0 Å². The van der Waals surface area contributed by atoms with Crippen molar-refractivity contribution >= 4 is 0 Å². The maximum atomic E-state index is 13.7. The van der Waals surface area contributed by atoms with Crippen molar-refractivity contribution in [2.45, 2.75) is 46.2 Å². The third-order valence-corrected chi connectivity index (χ3v) is 3.78. The second-order valence-corrected chi connectivity index (χ2v) is 6.42. The highest BCUT2D eigenvalue weighted by Gasteiger charge is 2.24. The molecule has 0 bridgehead atoms. The zero-order chi connectivity index (χ0) is 14.0. The van der Waals surface area contributed by atoms with E-state index < -0.39 is 0 Å². The zero-order valence-electron chi connectivity index (χ0n) is 12.5. The molecule has 1 aliphatic heterocycles. The molecule has 1 aliphatic rings. The van der Waals surface area contributed by atoms with E-state index >= 15 is 0 Å². The molecule has 2 nitrogen and oxygen atoms in total. The van der Waals surface area contributed by atoms with Gasteiger partial charge in [-0.1, -0.05) is 12.1 Å². The summed E-state index contributed by atoms with van der Waals surface area (Å²) < 4.78 is 13.7. The molecule has 3 heteroatoms. The highest BCUT2D eigenvalue weighted by atomic mass is 19.1. The first-order valence-corrected chi connectivity index (χ1v) is 7.10. The van der Waals surface area contributed by atoms with Gasteiger partial charge in [-0.05, 0) is 63.9 Å². The highest BCUT2D eigenvalue weighted by Crippen LogP contribution is 2.18. The van der Waals surface area contributed by atoms with Crippen LogP contribution in [0.2, 0.25) is 0 Å². The molecule has 106 valence electrons. The number of aryl methyl sites for hydroxylation is 2. The van der Waals surface area contributed by atoms with Crippen molar-refractivity contribution in [2.24, 2.45) is 0 Å². The SMILES string of the molecule is Cc1cc(CN2CCCNC(C)(C)C2)cc(C)c1F. The van der Waals surface area contributed by atoms with E-state index in [-0.39, 0.29) is 11.4 Å². The molecular formula is C16H25FN2. The Morgan fingerprint density at radius 2 is 1.89 bits per heavy atom. The molecule has 0 radical (unpaired) electrons. The van der Waals surface area contributed by atoms with Crippen molar-refractivity contribution in [1.82, 2.24) is 10.2 Å². The average Bonchev–Trinajstić information content (AvgIpc) is 2.46. The van der Waals surface area contributed by atoms with Crippen LogP contribution in [-0.2, 0) is 6.54 Å². The van der Waals surface area contributed by atoms with Crippen LogP contribution in [0.4, 0.5) is 4.39 Å². The molecule has 0 saturated carbocycles. The average molecular weight is 264 g/mol. The van der Waals surface area contributed by atoms with E-state index in [4.69, 9.17) is 0 Å². The fourth-order valence-corrected chi connectivity index (χ4v) is 2.94. The number of benzene rings is 1. The van der Waals surface area contributed by atoms with Crippen LogP contribution in [0.3, 0.4) is 0 Å². The van der Waals surface area contributed by atoms with Crippen molar-refractivity contribution in [3.05, 3.63) is 34.6 Å². The van der Waals surface area contributed by atoms with Crippen LogP contribution in [0.1, 0.15) is 37.0 Å². The van der Waals surface area contributed by atoms with Crippen LogP contribution in [0, 0.1) is 19.7 Å². The van der Waals surface area contributed by atoms with Crippen LogP contribution in [0.5, 0.6) is 0 Å². The van der Waals surface area contributed by atoms with E-state index in [0.29, 0.717) is 0 Å². The Morgan fingerprint density at radius 1 is 1.26 bits per heavy atom. The first-order valence-electron chi connectivity index (χ1n) is 7.10. The van der Waals surface area contributed by atoms with Gasteiger partial charge in [0.2, 0.25) is 0 Å². The van der Waals surface area contributed by atoms with Gasteiger partial charge in [0.25, 0.3) is 0 Å². The molecular weight excluding hydrogens is 239 g/mol. The maximum absolute atomic E-state index is 13.7. The molecule has 1 fully saturated rings. The van der Waals surface area contributed by atoms with Crippen molar-refractivity contribution in [1.29, 1.82) is 0 Å². The summed E-state index contributed by atoms with van der Waals surface area (Å²) in [5.41, 5.74) is 2.87. The fraction of sp³-hybridized carbons (Fsp3) is 0.625. The molecule has 0 aliphatic carbocycles. The molecule has 0 atom stereocenters. The number of hydrogen-bond acceptors (Lipinski definition) is 2. The number of nitrogens with one attached hydrogen (secondary N) is 1. The van der Waals surface area contributed by atoms with Crippen LogP contribution in [0.15, 0.2) is 12.1 Å². The first kappa shape index (κ1) is 14.5. The second kappa shape index (κ2) is 5.59. The molecule has 0 unspecified atom stereocenters. The molecule has 0 aromatic heterocycles. The highest BCUT2D eigenvalue weighted by molar-refractivity contribution is 5.30. The van der Waals surface area contributed by atoms with Crippen LogP contribution < -0.4 is 5.32 Å². The Kier molecular flexibility index (Phi) is 4.26.